The number of rotatable bonds is 7. The molecule has 0 aromatic heterocycles. The molecule has 192 valence electrons. The summed E-state index contributed by atoms with van der Waals surface area (Å²) in [5, 5.41) is 8.17. The van der Waals surface area contributed by atoms with E-state index in [1.165, 1.54) is 0 Å². The molecule has 0 radical (unpaired) electrons. The number of carbonyl (C=O) groups is 3. The average molecular weight is 508 g/mol. The fourth-order valence-corrected chi connectivity index (χ4v) is 4.17. The van der Waals surface area contributed by atoms with Gasteiger partial charge >= 0.3 is 0 Å². The van der Waals surface area contributed by atoms with Gasteiger partial charge in [0.1, 0.15) is 29.5 Å². The third kappa shape index (κ3) is 6.30. The predicted molar refractivity (Wildman–Crippen MR) is 134 cm³/mol. The number of anilines is 1. The molecule has 9 heteroatoms. The summed E-state index contributed by atoms with van der Waals surface area (Å²) in [6.45, 7) is 3.47. The van der Waals surface area contributed by atoms with Crippen molar-refractivity contribution in [1.29, 1.82) is 0 Å². The van der Waals surface area contributed by atoms with Crippen molar-refractivity contribution in [3.05, 3.63) is 95.6 Å². The van der Waals surface area contributed by atoms with Crippen molar-refractivity contribution in [2.24, 2.45) is 5.92 Å². The van der Waals surface area contributed by atoms with Crippen molar-refractivity contribution in [3.63, 3.8) is 0 Å². The van der Waals surface area contributed by atoms with Crippen molar-refractivity contribution in [1.82, 2.24) is 10.6 Å². The highest BCUT2D eigenvalue weighted by Gasteiger charge is 2.38. The maximum Gasteiger partial charge on any atom is 0.251 e. The van der Waals surface area contributed by atoms with Crippen LogP contribution in [0, 0.1) is 17.6 Å². The minimum Gasteiger partial charge on any atom is -0.481 e. The largest absolute Gasteiger partial charge is 0.481 e. The summed E-state index contributed by atoms with van der Waals surface area (Å²) in [7, 11) is 0. The van der Waals surface area contributed by atoms with Gasteiger partial charge in [0.25, 0.3) is 5.91 Å². The molecule has 3 aromatic carbocycles. The Kier molecular flexibility index (Phi) is 7.81. The van der Waals surface area contributed by atoms with Crippen LogP contribution >= 0.6 is 0 Å². The lowest BCUT2D eigenvalue weighted by atomic mass is 9.98. The van der Waals surface area contributed by atoms with E-state index in [2.05, 4.69) is 16.0 Å². The zero-order valence-electron chi connectivity index (χ0n) is 20.3. The van der Waals surface area contributed by atoms with Gasteiger partial charge in [-0.05, 0) is 41.3 Å². The van der Waals surface area contributed by atoms with Gasteiger partial charge < -0.3 is 20.7 Å². The summed E-state index contributed by atoms with van der Waals surface area (Å²) in [6.07, 6.45) is -1.16. The SMILES string of the molecule is CC(C)C(NC(=O)Cc1cc(F)cc(F)c1)C(=O)N[C@@H]1C(=O)Nc2ccccc2O[C@@H]1c1ccccc1. The van der Waals surface area contributed by atoms with Crippen molar-refractivity contribution < 1.29 is 27.9 Å². The number of amides is 3. The molecule has 3 N–H and O–H groups in total. The van der Waals surface area contributed by atoms with Crippen LogP contribution in [-0.2, 0) is 20.8 Å². The first-order valence-electron chi connectivity index (χ1n) is 11.9. The topological polar surface area (TPSA) is 96.5 Å². The minimum atomic E-state index is -1.11. The second-order valence-electron chi connectivity index (χ2n) is 9.16. The number of fused-ring (bicyclic) bond motifs is 1. The van der Waals surface area contributed by atoms with Crippen LogP contribution in [0.25, 0.3) is 0 Å². The fourth-order valence-electron chi connectivity index (χ4n) is 4.17. The van der Waals surface area contributed by atoms with Gasteiger partial charge in [-0.1, -0.05) is 56.3 Å². The zero-order valence-corrected chi connectivity index (χ0v) is 20.3. The van der Waals surface area contributed by atoms with Crippen LogP contribution in [0.5, 0.6) is 5.75 Å². The fraction of sp³-hybridized carbons (Fsp3) is 0.250. The van der Waals surface area contributed by atoms with E-state index in [-0.39, 0.29) is 17.9 Å². The molecular formula is C28H27F2N3O4. The number of nitrogens with one attached hydrogen (secondary N) is 3. The third-order valence-corrected chi connectivity index (χ3v) is 5.96. The molecule has 0 bridgehead atoms. The summed E-state index contributed by atoms with van der Waals surface area (Å²) >= 11 is 0. The molecule has 3 aromatic rings. The lowest BCUT2D eigenvalue weighted by molar-refractivity contribution is -0.133. The van der Waals surface area contributed by atoms with E-state index in [1.807, 2.05) is 6.07 Å². The number of hydrogen-bond acceptors (Lipinski definition) is 4. The van der Waals surface area contributed by atoms with Gasteiger partial charge in [0.2, 0.25) is 11.8 Å². The molecule has 7 nitrogen and oxygen atoms in total. The molecule has 1 aliphatic heterocycles. The highest BCUT2D eigenvalue weighted by atomic mass is 19.1. The van der Waals surface area contributed by atoms with Crippen LogP contribution in [0.4, 0.5) is 14.5 Å². The van der Waals surface area contributed by atoms with Gasteiger partial charge in [0.15, 0.2) is 6.10 Å². The maximum absolute atomic E-state index is 13.5. The first-order chi connectivity index (χ1) is 17.7. The summed E-state index contributed by atoms with van der Waals surface area (Å²) in [5.41, 5.74) is 1.29. The van der Waals surface area contributed by atoms with Crippen molar-refractivity contribution >= 4 is 23.4 Å². The minimum absolute atomic E-state index is 0.136. The standard InChI is InChI=1S/C28H27F2N3O4/c1-16(2)24(32-23(34)14-17-12-19(29)15-20(30)13-17)27(35)33-25-26(18-8-4-3-5-9-18)37-22-11-7-6-10-21(22)31-28(25)36/h3-13,15-16,24-26H,14H2,1-2H3,(H,31,36)(H,32,34)(H,33,35)/t24?,25-,26+/m0/s1. The third-order valence-electron chi connectivity index (χ3n) is 5.96. The summed E-state index contributed by atoms with van der Waals surface area (Å²) in [6, 6.07) is 16.7. The Morgan fingerprint density at radius 1 is 0.973 bits per heavy atom. The van der Waals surface area contributed by atoms with E-state index in [0.717, 1.165) is 12.1 Å². The number of benzene rings is 3. The van der Waals surface area contributed by atoms with Gasteiger partial charge in [-0.3, -0.25) is 14.4 Å². The van der Waals surface area contributed by atoms with E-state index < -0.39 is 47.5 Å². The molecule has 4 rings (SSSR count). The molecular weight excluding hydrogens is 480 g/mol. The van der Waals surface area contributed by atoms with Gasteiger partial charge in [-0.25, -0.2) is 8.78 Å². The number of ether oxygens (including phenoxy) is 1. The number of carbonyl (C=O) groups excluding carboxylic acids is 3. The van der Waals surface area contributed by atoms with E-state index in [4.69, 9.17) is 4.74 Å². The predicted octanol–water partition coefficient (Wildman–Crippen LogP) is 3.91. The van der Waals surface area contributed by atoms with Gasteiger partial charge in [0.05, 0.1) is 12.1 Å². The molecule has 1 unspecified atom stereocenters. The van der Waals surface area contributed by atoms with E-state index in [0.29, 0.717) is 23.1 Å². The molecule has 37 heavy (non-hydrogen) atoms. The van der Waals surface area contributed by atoms with E-state index >= 15 is 0 Å². The Hall–Kier alpha value is -4.27. The molecule has 0 fully saturated rings. The first-order valence-corrected chi connectivity index (χ1v) is 11.9. The van der Waals surface area contributed by atoms with Gasteiger partial charge in [0, 0.05) is 6.07 Å². The normalized spacial score (nSPS) is 17.6. The van der Waals surface area contributed by atoms with Crippen LogP contribution in [-0.4, -0.2) is 29.8 Å². The molecule has 0 spiro atoms. The quantitative estimate of drug-likeness (QED) is 0.452. The second-order valence-corrected chi connectivity index (χ2v) is 9.16. The van der Waals surface area contributed by atoms with Crippen molar-refractivity contribution in [3.8, 4) is 5.75 Å². The van der Waals surface area contributed by atoms with Crippen LogP contribution in [0.15, 0.2) is 72.8 Å². The van der Waals surface area contributed by atoms with E-state index in [1.54, 1.807) is 62.4 Å². The Balaban J connectivity index is 1.55. The molecule has 0 aliphatic carbocycles. The summed E-state index contributed by atoms with van der Waals surface area (Å²) in [5.74, 6) is -3.15. The zero-order chi connectivity index (χ0) is 26.5. The van der Waals surface area contributed by atoms with Crippen molar-refractivity contribution in [2.75, 3.05) is 5.32 Å². The Morgan fingerprint density at radius 2 is 1.62 bits per heavy atom. The van der Waals surface area contributed by atoms with Crippen molar-refractivity contribution in [2.45, 2.75) is 38.5 Å². The Bertz CT molecular complexity index is 1280. The number of hydrogen-bond donors (Lipinski definition) is 3. The van der Waals surface area contributed by atoms with Crippen LogP contribution < -0.4 is 20.7 Å². The Labute approximate surface area is 213 Å². The monoisotopic (exact) mass is 507 g/mol. The maximum atomic E-state index is 13.5. The lowest BCUT2D eigenvalue weighted by Gasteiger charge is -2.28. The van der Waals surface area contributed by atoms with Gasteiger partial charge in [-0.15, -0.1) is 0 Å². The Morgan fingerprint density at radius 3 is 2.30 bits per heavy atom. The molecule has 1 heterocycles. The van der Waals surface area contributed by atoms with Crippen LogP contribution in [0.3, 0.4) is 0 Å². The smallest absolute Gasteiger partial charge is 0.251 e. The number of halogens is 2. The van der Waals surface area contributed by atoms with Crippen LogP contribution in [0.1, 0.15) is 31.1 Å². The number of para-hydroxylation sites is 2. The van der Waals surface area contributed by atoms with E-state index in [9.17, 15) is 23.2 Å². The molecule has 1 aliphatic rings. The second kappa shape index (κ2) is 11.2. The lowest BCUT2D eigenvalue weighted by Crippen LogP contribution is -2.56. The molecule has 3 atom stereocenters. The molecule has 0 saturated heterocycles. The summed E-state index contributed by atoms with van der Waals surface area (Å²) < 4.78 is 33.2. The van der Waals surface area contributed by atoms with Crippen LogP contribution in [0.2, 0.25) is 0 Å². The first kappa shape index (κ1) is 25.8. The molecule has 3 amide bonds. The van der Waals surface area contributed by atoms with Gasteiger partial charge in [-0.2, -0.15) is 0 Å². The highest BCUT2D eigenvalue weighted by Crippen LogP contribution is 2.34. The summed E-state index contributed by atoms with van der Waals surface area (Å²) in [4.78, 5) is 39.3. The average Bonchev–Trinajstić information content (AvgIpc) is 2.98. The highest BCUT2D eigenvalue weighted by molar-refractivity contribution is 6.00. The molecule has 0 saturated carbocycles.